The molecule has 1 aromatic heterocycles. The van der Waals surface area contributed by atoms with Crippen molar-refractivity contribution in [2.24, 2.45) is 0 Å². The van der Waals surface area contributed by atoms with Crippen LogP contribution in [0, 0.1) is 6.92 Å². The van der Waals surface area contributed by atoms with Crippen LogP contribution in [0.5, 0.6) is 0 Å². The summed E-state index contributed by atoms with van der Waals surface area (Å²) in [6, 6.07) is 11.7. The summed E-state index contributed by atoms with van der Waals surface area (Å²) in [6.45, 7) is 3.43. The second-order valence-electron chi connectivity index (χ2n) is 8.55. The number of anilines is 2. The smallest absolute Gasteiger partial charge is 0.370 e. The molecule has 9 heteroatoms. The summed E-state index contributed by atoms with van der Waals surface area (Å²) in [5.74, 6) is -0.520. The van der Waals surface area contributed by atoms with Gasteiger partial charge in [0.2, 0.25) is 0 Å². The second-order valence-corrected chi connectivity index (χ2v) is 8.55. The molecule has 0 saturated carbocycles. The van der Waals surface area contributed by atoms with Gasteiger partial charge in [0.1, 0.15) is 0 Å². The average Bonchev–Trinajstić information content (AvgIpc) is 3.33. The number of nitrogens with zero attached hydrogens (tertiary/aromatic N) is 2. The Balaban J connectivity index is 1.50. The Morgan fingerprint density at radius 3 is 2.57 bits per heavy atom. The molecule has 2 heterocycles. The van der Waals surface area contributed by atoms with Crippen LogP contribution in [0.1, 0.15) is 49.7 Å². The number of hydrogen-bond acceptors (Lipinski definition) is 4. The van der Waals surface area contributed by atoms with Gasteiger partial charge in [-0.05, 0) is 60.9 Å². The quantitative estimate of drug-likeness (QED) is 0.536. The van der Waals surface area contributed by atoms with Crippen LogP contribution in [0.15, 0.2) is 60.9 Å². The summed E-state index contributed by atoms with van der Waals surface area (Å²) in [4.78, 5) is 31.1. The third-order valence-corrected chi connectivity index (χ3v) is 6.20. The van der Waals surface area contributed by atoms with Crippen LogP contribution < -0.4 is 15.5 Å². The van der Waals surface area contributed by atoms with E-state index in [1.807, 2.05) is 19.1 Å². The van der Waals surface area contributed by atoms with Gasteiger partial charge in [0.25, 0.3) is 11.8 Å². The fourth-order valence-electron chi connectivity index (χ4n) is 4.32. The van der Waals surface area contributed by atoms with Gasteiger partial charge in [-0.2, -0.15) is 13.2 Å². The van der Waals surface area contributed by atoms with Crippen LogP contribution in [-0.4, -0.2) is 36.9 Å². The number of benzene rings is 2. The predicted octanol–water partition coefficient (Wildman–Crippen LogP) is 5.01. The van der Waals surface area contributed by atoms with Crippen LogP contribution in [0.4, 0.5) is 24.5 Å². The van der Waals surface area contributed by atoms with E-state index in [0.717, 1.165) is 41.9 Å². The third kappa shape index (κ3) is 5.45. The minimum atomic E-state index is -4.48. The van der Waals surface area contributed by atoms with Crippen molar-refractivity contribution in [3.63, 3.8) is 0 Å². The van der Waals surface area contributed by atoms with E-state index < -0.39 is 17.6 Å². The van der Waals surface area contributed by atoms with Gasteiger partial charge >= 0.3 is 6.18 Å². The summed E-state index contributed by atoms with van der Waals surface area (Å²) in [5, 5.41) is 5.16. The van der Waals surface area contributed by atoms with E-state index in [0.29, 0.717) is 17.7 Å². The minimum absolute atomic E-state index is 0.0856. The molecule has 4 rings (SSSR count). The molecule has 1 atom stereocenters. The molecular formula is C26H25F3N4O2. The van der Waals surface area contributed by atoms with Gasteiger partial charge in [-0.25, -0.2) is 0 Å². The Bertz CT molecular complexity index is 1260. The first-order valence-corrected chi connectivity index (χ1v) is 11.2. The summed E-state index contributed by atoms with van der Waals surface area (Å²) >= 11 is 0. The van der Waals surface area contributed by atoms with Crippen molar-refractivity contribution in [3.05, 3.63) is 88.7 Å². The van der Waals surface area contributed by atoms with Crippen LogP contribution in [-0.2, 0) is 6.18 Å². The van der Waals surface area contributed by atoms with Crippen molar-refractivity contribution < 1.29 is 22.8 Å². The molecule has 0 aliphatic carbocycles. The molecule has 0 unspecified atom stereocenters. The number of aryl methyl sites for hydroxylation is 1. The highest BCUT2D eigenvalue weighted by atomic mass is 19.4. The molecule has 2 aromatic carbocycles. The number of aromatic nitrogens is 1. The molecule has 3 aromatic rings. The molecule has 2 amide bonds. The Kier molecular flexibility index (Phi) is 6.77. The number of carbonyl (C=O) groups is 2. The lowest BCUT2D eigenvalue weighted by Gasteiger charge is -2.20. The summed E-state index contributed by atoms with van der Waals surface area (Å²) < 4.78 is 39.0. The maximum Gasteiger partial charge on any atom is 0.416 e. The minimum Gasteiger partial charge on any atom is -0.370 e. The van der Waals surface area contributed by atoms with Crippen molar-refractivity contribution in [1.82, 2.24) is 10.3 Å². The molecule has 0 radical (unpaired) electrons. The van der Waals surface area contributed by atoms with E-state index >= 15 is 0 Å². The molecule has 2 N–H and O–H groups in total. The van der Waals surface area contributed by atoms with Crippen LogP contribution in [0.25, 0.3) is 0 Å². The zero-order valence-electron chi connectivity index (χ0n) is 19.3. The lowest BCUT2D eigenvalue weighted by Crippen LogP contribution is -2.22. The second kappa shape index (κ2) is 9.77. The number of pyridine rings is 1. The molecule has 1 aliphatic heterocycles. The van der Waals surface area contributed by atoms with Gasteiger partial charge in [-0.15, -0.1) is 0 Å². The van der Waals surface area contributed by atoms with E-state index in [9.17, 15) is 22.8 Å². The first-order valence-electron chi connectivity index (χ1n) is 11.2. The fraction of sp³-hybridized carbons (Fsp3) is 0.269. The number of carbonyl (C=O) groups excluding carboxylic acids is 2. The molecule has 182 valence electrons. The molecule has 1 aliphatic rings. The van der Waals surface area contributed by atoms with Gasteiger partial charge < -0.3 is 15.5 Å². The Labute approximate surface area is 201 Å². The molecule has 35 heavy (non-hydrogen) atoms. The Morgan fingerprint density at radius 2 is 1.83 bits per heavy atom. The number of hydrogen-bond donors (Lipinski definition) is 2. The van der Waals surface area contributed by atoms with Crippen LogP contribution >= 0.6 is 0 Å². The lowest BCUT2D eigenvalue weighted by atomic mass is 9.92. The molecule has 6 nitrogen and oxygen atoms in total. The number of nitrogens with one attached hydrogen (secondary N) is 2. The van der Waals surface area contributed by atoms with E-state index in [-0.39, 0.29) is 17.5 Å². The zero-order chi connectivity index (χ0) is 25.2. The number of alkyl halides is 3. The number of amides is 2. The number of halogens is 3. The van der Waals surface area contributed by atoms with E-state index in [1.165, 1.54) is 18.3 Å². The first-order chi connectivity index (χ1) is 16.7. The first kappa shape index (κ1) is 24.3. The molecule has 0 spiro atoms. The summed E-state index contributed by atoms with van der Waals surface area (Å²) in [5.41, 5.74) is 3.03. The predicted molar refractivity (Wildman–Crippen MR) is 128 cm³/mol. The largest absolute Gasteiger partial charge is 0.416 e. The highest BCUT2D eigenvalue weighted by Gasteiger charge is 2.31. The SMILES string of the molecule is CNC(=O)c1cncc(N2CC[C@H](c3cc(C(=O)Nc4cccc(C(F)(F)F)c4)ccc3C)C2)c1. The molecule has 1 fully saturated rings. The van der Waals surface area contributed by atoms with Crippen molar-refractivity contribution in [2.75, 3.05) is 30.4 Å². The van der Waals surface area contributed by atoms with Gasteiger partial charge in [-0.3, -0.25) is 14.6 Å². The molecule has 0 bridgehead atoms. The highest BCUT2D eigenvalue weighted by molar-refractivity contribution is 6.04. The molecular weight excluding hydrogens is 457 g/mol. The van der Waals surface area contributed by atoms with Gasteiger partial charge in [0.05, 0.1) is 23.0 Å². The van der Waals surface area contributed by atoms with Gasteiger partial charge in [0.15, 0.2) is 0 Å². The van der Waals surface area contributed by atoms with Crippen LogP contribution in [0.2, 0.25) is 0 Å². The van der Waals surface area contributed by atoms with E-state index in [2.05, 4.69) is 20.5 Å². The van der Waals surface area contributed by atoms with Crippen molar-refractivity contribution in [1.29, 1.82) is 0 Å². The fourth-order valence-corrected chi connectivity index (χ4v) is 4.32. The van der Waals surface area contributed by atoms with Gasteiger partial charge in [-0.1, -0.05) is 12.1 Å². The maximum absolute atomic E-state index is 13.0. The zero-order valence-corrected chi connectivity index (χ0v) is 19.3. The standard InChI is InChI=1S/C26H25F3N4O2/c1-16-6-7-17(25(35)32-21-5-3-4-20(12-21)26(27,28)29)11-23(16)18-8-9-33(15-18)22-10-19(13-31-14-22)24(34)30-2/h3-7,10-14,18H,8-9,15H2,1-2H3,(H,30,34)(H,32,35)/t18-/m0/s1. The normalized spacial score (nSPS) is 15.7. The number of rotatable bonds is 5. The maximum atomic E-state index is 13.0. The summed E-state index contributed by atoms with van der Waals surface area (Å²) in [6.07, 6.45) is -0.391. The van der Waals surface area contributed by atoms with Crippen molar-refractivity contribution in [2.45, 2.75) is 25.4 Å². The van der Waals surface area contributed by atoms with E-state index in [4.69, 9.17) is 0 Å². The topological polar surface area (TPSA) is 74.3 Å². The van der Waals surface area contributed by atoms with Crippen molar-refractivity contribution >= 4 is 23.2 Å². The Morgan fingerprint density at radius 1 is 1.03 bits per heavy atom. The van der Waals surface area contributed by atoms with E-state index in [1.54, 1.807) is 25.4 Å². The van der Waals surface area contributed by atoms with Crippen molar-refractivity contribution in [3.8, 4) is 0 Å². The lowest BCUT2D eigenvalue weighted by molar-refractivity contribution is -0.137. The third-order valence-electron chi connectivity index (χ3n) is 6.20. The highest BCUT2D eigenvalue weighted by Crippen LogP contribution is 2.34. The summed E-state index contributed by atoms with van der Waals surface area (Å²) in [7, 11) is 1.57. The monoisotopic (exact) mass is 482 g/mol. The molecule has 1 saturated heterocycles. The average molecular weight is 483 g/mol. The Hall–Kier alpha value is -3.88. The van der Waals surface area contributed by atoms with Gasteiger partial charge in [0, 0.05) is 43.5 Å². The van der Waals surface area contributed by atoms with Crippen LogP contribution in [0.3, 0.4) is 0 Å².